The minimum atomic E-state index is -4.35. The van der Waals surface area contributed by atoms with Crippen molar-refractivity contribution in [2.24, 2.45) is 0 Å². The first-order valence-corrected chi connectivity index (χ1v) is 9.45. The zero-order valence-corrected chi connectivity index (χ0v) is 17.7. The van der Waals surface area contributed by atoms with Crippen molar-refractivity contribution in [3.05, 3.63) is 35.4 Å². The lowest BCUT2D eigenvalue weighted by molar-refractivity contribution is -0.137. The summed E-state index contributed by atoms with van der Waals surface area (Å²) in [5.74, 6) is -0.0418. The Kier molecular flexibility index (Phi) is 10.7. The predicted octanol–water partition coefficient (Wildman–Crippen LogP) is 3.18. The fourth-order valence-electron chi connectivity index (χ4n) is 3.64. The molecule has 0 aromatic heterocycles. The molecule has 5 nitrogen and oxygen atoms in total. The number of carbonyl (C=O) groups excluding carboxylic acids is 1. The van der Waals surface area contributed by atoms with Gasteiger partial charge in [0, 0.05) is 19.6 Å². The summed E-state index contributed by atoms with van der Waals surface area (Å²) in [5, 5.41) is 6.20. The smallest absolute Gasteiger partial charge is 0.379 e. The molecule has 0 radical (unpaired) electrons. The Bertz CT molecular complexity index is 620. The molecule has 166 valence electrons. The maximum atomic E-state index is 12.8. The lowest BCUT2D eigenvalue weighted by atomic mass is 10.0. The summed E-state index contributed by atoms with van der Waals surface area (Å²) in [6.45, 7) is 3.73. The molecule has 0 saturated carbocycles. The Balaban J connectivity index is 0.00000210. The molecule has 2 heterocycles. The van der Waals surface area contributed by atoms with E-state index in [0.29, 0.717) is 32.8 Å². The first-order valence-electron chi connectivity index (χ1n) is 9.45. The summed E-state index contributed by atoms with van der Waals surface area (Å²) in [4.78, 5) is 14.6. The Hall–Kier alpha value is -1.06. The molecule has 2 N–H and O–H groups in total. The topological polar surface area (TPSA) is 53.6 Å². The molecule has 2 aliphatic rings. The highest BCUT2D eigenvalue weighted by Gasteiger charge is 2.31. The molecule has 3 rings (SSSR count). The van der Waals surface area contributed by atoms with Gasteiger partial charge >= 0.3 is 6.18 Å². The van der Waals surface area contributed by atoms with Crippen LogP contribution < -0.4 is 10.6 Å². The zero-order chi connectivity index (χ0) is 19.3. The summed E-state index contributed by atoms with van der Waals surface area (Å²) in [6, 6.07) is 4.86. The Labute approximate surface area is 181 Å². The quantitative estimate of drug-likeness (QED) is 0.712. The number of alkyl halides is 3. The number of piperidine rings is 1. The van der Waals surface area contributed by atoms with Gasteiger partial charge < -0.3 is 15.4 Å². The fraction of sp³-hybridized carbons (Fsp3) is 0.632. The number of nitrogens with one attached hydrogen (secondary N) is 2. The molecular weight excluding hydrogens is 430 g/mol. The van der Waals surface area contributed by atoms with E-state index in [2.05, 4.69) is 15.5 Å². The van der Waals surface area contributed by atoms with Gasteiger partial charge in [-0.25, -0.2) is 0 Å². The molecule has 2 atom stereocenters. The summed E-state index contributed by atoms with van der Waals surface area (Å²) in [6.07, 6.45) is -1.44. The van der Waals surface area contributed by atoms with Gasteiger partial charge in [-0.05, 0) is 37.1 Å². The zero-order valence-electron chi connectivity index (χ0n) is 16.0. The number of ether oxygens (including phenoxy) is 1. The van der Waals surface area contributed by atoms with Crippen molar-refractivity contribution in [1.82, 2.24) is 15.5 Å². The highest BCUT2D eigenvalue weighted by Crippen LogP contribution is 2.31. The van der Waals surface area contributed by atoms with Crippen molar-refractivity contribution in [3.63, 3.8) is 0 Å². The second-order valence-corrected chi connectivity index (χ2v) is 7.03. The lowest BCUT2D eigenvalue weighted by Gasteiger charge is -2.35. The van der Waals surface area contributed by atoms with Gasteiger partial charge in [-0.2, -0.15) is 13.2 Å². The van der Waals surface area contributed by atoms with E-state index in [9.17, 15) is 18.0 Å². The Morgan fingerprint density at radius 3 is 2.38 bits per heavy atom. The van der Waals surface area contributed by atoms with Crippen molar-refractivity contribution in [1.29, 1.82) is 0 Å². The van der Waals surface area contributed by atoms with Crippen LogP contribution >= 0.6 is 24.8 Å². The normalized spacial score (nSPS) is 21.4. The van der Waals surface area contributed by atoms with Gasteiger partial charge in [-0.3, -0.25) is 9.69 Å². The third-order valence-electron chi connectivity index (χ3n) is 5.21. The number of nitrogens with zero attached hydrogens (tertiary/aromatic N) is 1. The van der Waals surface area contributed by atoms with E-state index in [1.807, 2.05) is 0 Å². The van der Waals surface area contributed by atoms with Crippen LogP contribution in [-0.4, -0.2) is 56.2 Å². The number of morpholine rings is 1. The third-order valence-corrected chi connectivity index (χ3v) is 5.21. The van der Waals surface area contributed by atoms with Crippen molar-refractivity contribution < 1.29 is 22.7 Å². The van der Waals surface area contributed by atoms with Gasteiger partial charge in [0.25, 0.3) is 0 Å². The van der Waals surface area contributed by atoms with E-state index < -0.39 is 11.7 Å². The molecule has 1 aromatic carbocycles. The van der Waals surface area contributed by atoms with Crippen molar-refractivity contribution >= 4 is 30.7 Å². The molecule has 1 amide bonds. The minimum Gasteiger partial charge on any atom is -0.379 e. The van der Waals surface area contributed by atoms with Crippen LogP contribution in [0.15, 0.2) is 24.3 Å². The van der Waals surface area contributed by atoms with E-state index in [1.165, 1.54) is 12.1 Å². The van der Waals surface area contributed by atoms with E-state index in [-0.39, 0.29) is 42.8 Å². The van der Waals surface area contributed by atoms with Crippen LogP contribution in [0.1, 0.15) is 36.4 Å². The minimum absolute atomic E-state index is 0. The van der Waals surface area contributed by atoms with Gasteiger partial charge in [-0.15, -0.1) is 24.8 Å². The molecule has 1 aromatic rings. The summed E-state index contributed by atoms with van der Waals surface area (Å²) >= 11 is 0. The number of carbonyl (C=O) groups is 1. The molecule has 2 fully saturated rings. The van der Waals surface area contributed by atoms with E-state index >= 15 is 0 Å². The summed E-state index contributed by atoms with van der Waals surface area (Å²) < 4.78 is 43.9. The second-order valence-electron chi connectivity index (χ2n) is 7.03. The van der Waals surface area contributed by atoms with Crippen molar-refractivity contribution in [2.45, 2.75) is 37.5 Å². The third kappa shape index (κ3) is 7.29. The fourth-order valence-corrected chi connectivity index (χ4v) is 3.64. The van der Waals surface area contributed by atoms with Crippen LogP contribution in [0.25, 0.3) is 0 Å². The van der Waals surface area contributed by atoms with E-state index in [0.717, 1.165) is 43.5 Å². The van der Waals surface area contributed by atoms with Gasteiger partial charge in [0.1, 0.15) is 0 Å². The number of rotatable bonds is 5. The van der Waals surface area contributed by atoms with Crippen LogP contribution in [0.5, 0.6) is 0 Å². The monoisotopic (exact) mass is 457 g/mol. The first kappa shape index (κ1) is 26.0. The maximum absolute atomic E-state index is 12.8. The molecule has 0 spiro atoms. The van der Waals surface area contributed by atoms with Crippen LogP contribution in [0.4, 0.5) is 13.2 Å². The van der Waals surface area contributed by atoms with Gasteiger partial charge in [0.2, 0.25) is 5.91 Å². The number of halogens is 5. The highest BCUT2D eigenvalue weighted by atomic mass is 35.5. The second kappa shape index (κ2) is 12.0. The Morgan fingerprint density at radius 2 is 1.83 bits per heavy atom. The molecule has 2 aliphatic heterocycles. The predicted molar refractivity (Wildman–Crippen MR) is 110 cm³/mol. The number of hydrogen-bond donors (Lipinski definition) is 2. The van der Waals surface area contributed by atoms with Gasteiger partial charge in [0.05, 0.1) is 30.9 Å². The average molecular weight is 458 g/mol. The van der Waals surface area contributed by atoms with Crippen molar-refractivity contribution in [2.75, 3.05) is 39.4 Å². The molecule has 29 heavy (non-hydrogen) atoms. The first-order chi connectivity index (χ1) is 12.9. The molecule has 10 heteroatoms. The molecule has 2 saturated heterocycles. The SMILES string of the molecule is Cl.Cl.O=C(NCC(c1ccc(C(F)(F)F)cc1)N1CCOCC1)[C@H]1CCCCN1. The lowest BCUT2D eigenvalue weighted by Crippen LogP contribution is -2.49. The molecule has 0 bridgehead atoms. The largest absolute Gasteiger partial charge is 0.416 e. The summed E-state index contributed by atoms with van der Waals surface area (Å²) in [7, 11) is 0. The summed E-state index contributed by atoms with van der Waals surface area (Å²) in [5.41, 5.74) is 0.101. The van der Waals surface area contributed by atoms with E-state index in [4.69, 9.17) is 4.74 Å². The average Bonchev–Trinajstić information content (AvgIpc) is 2.69. The maximum Gasteiger partial charge on any atom is 0.416 e. The van der Waals surface area contributed by atoms with Gasteiger partial charge in [0.15, 0.2) is 0 Å². The van der Waals surface area contributed by atoms with Crippen LogP contribution in [0.3, 0.4) is 0 Å². The van der Waals surface area contributed by atoms with Gasteiger partial charge in [-0.1, -0.05) is 18.6 Å². The highest BCUT2D eigenvalue weighted by molar-refractivity contribution is 5.85. The number of benzene rings is 1. The van der Waals surface area contributed by atoms with E-state index in [1.54, 1.807) is 0 Å². The molecule has 0 aliphatic carbocycles. The van der Waals surface area contributed by atoms with Crippen LogP contribution in [0, 0.1) is 0 Å². The van der Waals surface area contributed by atoms with Crippen LogP contribution in [-0.2, 0) is 15.7 Å². The standard InChI is InChI=1S/C19H26F3N3O2.2ClH/c20-19(21,22)15-6-4-14(5-7-15)17(25-9-11-27-12-10-25)13-24-18(26)16-3-1-2-8-23-16;;/h4-7,16-17,23H,1-3,8-13H2,(H,24,26);2*1H/t16-,17?;;/m1../s1. The Morgan fingerprint density at radius 1 is 1.17 bits per heavy atom. The number of hydrogen-bond acceptors (Lipinski definition) is 4. The molecular formula is C19H28Cl2F3N3O2. The number of amides is 1. The van der Waals surface area contributed by atoms with Crippen molar-refractivity contribution in [3.8, 4) is 0 Å². The molecule has 1 unspecified atom stereocenters. The van der Waals surface area contributed by atoms with Crippen LogP contribution in [0.2, 0.25) is 0 Å².